The molecule has 2 amide bonds. The van der Waals surface area contributed by atoms with Gasteiger partial charge in [-0.05, 0) is 37.3 Å². The highest BCUT2D eigenvalue weighted by Gasteiger charge is 2.34. The van der Waals surface area contributed by atoms with Crippen LogP contribution in [0.3, 0.4) is 0 Å². The second-order valence-electron chi connectivity index (χ2n) is 8.27. The van der Waals surface area contributed by atoms with Crippen LogP contribution in [0.25, 0.3) is 22.3 Å². The summed E-state index contributed by atoms with van der Waals surface area (Å²) in [5.74, 6) is -0.916. The number of alkyl halides is 3. The molecule has 0 atom stereocenters. The Morgan fingerprint density at radius 3 is 2.53 bits per heavy atom. The van der Waals surface area contributed by atoms with E-state index in [1.165, 1.54) is 28.5 Å². The van der Waals surface area contributed by atoms with Crippen LogP contribution in [0.2, 0.25) is 0 Å². The highest BCUT2D eigenvalue weighted by molar-refractivity contribution is 5.99. The van der Waals surface area contributed by atoms with Gasteiger partial charge in [-0.15, -0.1) is 0 Å². The van der Waals surface area contributed by atoms with Gasteiger partial charge in [-0.3, -0.25) is 16.0 Å². The molecule has 2 aromatic heterocycles. The van der Waals surface area contributed by atoms with Crippen LogP contribution in [0.1, 0.15) is 5.56 Å². The topological polar surface area (TPSA) is 151 Å². The number of nitrogens with one attached hydrogen (secondary N) is 3. The molecule has 0 aliphatic carbocycles. The number of carbonyl (C=O) groups is 1. The Morgan fingerprint density at radius 2 is 1.87 bits per heavy atom. The summed E-state index contributed by atoms with van der Waals surface area (Å²) >= 11 is 0. The van der Waals surface area contributed by atoms with Crippen LogP contribution in [-0.4, -0.2) is 37.7 Å². The van der Waals surface area contributed by atoms with Gasteiger partial charge in [0.25, 0.3) is 0 Å². The molecule has 0 saturated carbocycles. The summed E-state index contributed by atoms with van der Waals surface area (Å²) in [5.41, 5.74) is 6.42. The number of rotatable bonds is 6. The van der Waals surface area contributed by atoms with Crippen molar-refractivity contribution in [2.24, 2.45) is 7.05 Å². The van der Waals surface area contributed by atoms with E-state index in [2.05, 4.69) is 25.7 Å². The first-order valence-corrected chi connectivity index (χ1v) is 11.0. The fourth-order valence-corrected chi connectivity index (χ4v) is 3.57. The minimum absolute atomic E-state index is 0.0220. The van der Waals surface area contributed by atoms with E-state index in [0.717, 1.165) is 11.6 Å². The van der Waals surface area contributed by atoms with E-state index >= 15 is 4.39 Å². The van der Waals surface area contributed by atoms with Crippen LogP contribution < -0.4 is 21.7 Å². The number of fused-ring (bicyclic) bond motifs is 1. The number of aromatic nitrogens is 4. The Balaban J connectivity index is 1.55. The van der Waals surface area contributed by atoms with Crippen LogP contribution in [0.4, 0.5) is 39.5 Å². The fraction of sp³-hybridized carbons (Fsp3) is 0.125. The third kappa shape index (κ3) is 5.75. The molecule has 2 aromatic carbocycles. The first-order valence-electron chi connectivity index (χ1n) is 11.0. The maximum Gasteiger partial charge on any atom is 0.432 e. The number of quaternary nitrogens is 1. The van der Waals surface area contributed by atoms with Crippen molar-refractivity contribution in [2.45, 2.75) is 13.1 Å². The van der Waals surface area contributed by atoms with E-state index in [1.54, 1.807) is 31.3 Å². The number of carbonyl (C=O) groups excluding carboxylic acids is 1. The molecule has 2 heterocycles. The number of aryl methyl sites for hydroxylation is 2. The Kier molecular flexibility index (Phi) is 7.08. The van der Waals surface area contributed by atoms with Gasteiger partial charge in [-0.2, -0.15) is 18.3 Å². The van der Waals surface area contributed by atoms with E-state index in [9.17, 15) is 18.0 Å². The Labute approximate surface area is 213 Å². The van der Waals surface area contributed by atoms with Crippen molar-refractivity contribution < 1.29 is 27.7 Å². The Hall–Kier alpha value is -4.85. The fourth-order valence-electron chi connectivity index (χ4n) is 3.57. The molecule has 196 valence electrons. The number of nitrogens with zero attached hydrogens (tertiary/aromatic N) is 4. The van der Waals surface area contributed by atoms with E-state index in [0.29, 0.717) is 22.8 Å². The average molecular weight is 528 g/mol. The Morgan fingerprint density at radius 1 is 1.16 bits per heavy atom. The lowest BCUT2D eigenvalue weighted by molar-refractivity contribution is -0.522. The number of hydrogen-bond donors (Lipinski definition) is 5. The first kappa shape index (κ1) is 26.2. The van der Waals surface area contributed by atoms with Crippen molar-refractivity contribution in [3.05, 3.63) is 72.1 Å². The minimum Gasteiger partial charge on any atom is -0.383 e. The summed E-state index contributed by atoms with van der Waals surface area (Å²) in [7, 11) is 1.62. The quantitative estimate of drug-likeness (QED) is 0.147. The van der Waals surface area contributed by atoms with Crippen LogP contribution in [-0.2, 0) is 7.05 Å². The number of nitrogen functional groups attached to an aromatic ring is 1. The van der Waals surface area contributed by atoms with Gasteiger partial charge in [0.15, 0.2) is 5.65 Å². The molecule has 0 radical (unpaired) electrons. The molecular formula is C24H22F4N9O+. The van der Waals surface area contributed by atoms with E-state index in [1.807, 2.05) is 6.92 Å². The van der Waals surface area contributed by atoms with E-state index in [-0.39, 0.29) is 28.6 Å². The molecule has 0 aliphatic rings. The van der Waals surface area contributed by atoms with Crippen molar-refractivity contribution in [2.75, 3.05) is 11.1 Å². The molecule has 4 rings (SSSR count). The zero-order chi connectivity index (χ0) is 27.6. The maximum atomic E-state index is 15.1. The third-order valence-corrected chi connectivity index (χ3v) is 5.39. The predicted molar refractivity (Wildman–Crippen MR) is 133 cm³/mol. The zero-order valence-electron chi connectivity index (χ0n) is 20.1. The third-order valence-electron chi connectivity index (χ3n) is 5.39. The molecule has 10 nitrogen and oxygen atoms in total. The molecule has 0 unspecified atom stereocenters. The van der Waals surface area contributed by atoms with Gasteiger partial charge in [0, 0.05) is 24.4 Å². The van der Waals surface area contributed by atoms with Gasteiger partial charge >= 0.3 is 12.2 Å². The smallest absolute Gasteiger partial charge is 0.383 e. The second kappa shape index (κ2) is 10.3. The molecule has 0 saturated heterocycles. The predicted octanol–water partition coefficient (Wildman–Crippen LogP) is 3.50. The largest absolute Gasteiger partial charge is 0.432 e. The molecule has 0 bridgehead atoms. The lowest BCUT2D eigenvalue weighted by atomic mass is 10.1. The second-order valence-corrected chi connectivity index (χ2v) is 8.27. The highest BCUT2D eigenvalue weighted by Crippen LogP contribution is 2.32. The monoisotopic (exact) mass is 528 g/mol. The summed E-state index contributed by atoms with van der Waals surface area (Å²) in [6.07, 6.45) is -3.16. The molecule has 0 fully saturated rings. The van der Waals surface area contributed by atoms with Crippen LogP contribution in [0.5, 0.6) is 0 Å². The van der Waals surface area contributed by atoms with Crippen molar-refractivity contribution in [3.8, 4) is 11.3 Å². The number of halogens is 4. The molecule has 0 aliphatic heterocycles. The molecule has 4 aromatic rings. The van der Waals surface area contributed by atoms with Crippen molar-refractivity contribution in [3.63, 3.8) is 0 Å². The van der Waals surface area contributed by atoms with Crippen molar-refractivity contribution in [1.29, 1.82) is 5.41 Å². The average Bonchev–Trinajstić information content (AvgIpc) is 3.17. The molecule has 38 heavy (non-hydrogen) atoms. The van der Waals surface area contributed by atoms with Gasteiger partial charge < -0.3 is 11.1 Å². The van der Waals surface area contributed by atoms with Gasteiger partial charge in [-0.25, -0.2) is 23.8 Å². The summed E-state index contributed by atoms with van der Waals surface area (Å²) < 4.78 is 55.4. The number of hydrogen-bond acceptors (Lipinski definition) is 6. The minimum atomic E-state index is -4.91. The highest BCUT2D eigenvalue weighted by atomic mass is 19.4. The molecular weight excluding hydrogens is 506 g/mol. The maximum absolute atomic E-state index is 15.1. The Bertz CT molecular complexity index is 1560. The number of anilines is 2. The summed E-state index contributed by atoms with van der Waals surface area (Å²) in [6, 6.07) is 9.63. The van der Waals surface area contributed by atoms with Gasteiger partial charge in [0.2, 0.25) is 5.82 Å². The molecule has 7 N–H and O–H groups in total. The van der Waals surface area contributed by atoms with Crippen LogP contribution in [0, 0.1) is 18.2 Å². The van der Waals surface area contributed by atoms with E-state index in [4.69, 9.17) is 11.1 Å². The van der Waals surface area contributed by atoms with Gasteiger partial charge in [0.1, 0.15) is 35.1 Å². The number of urea groups is 1. The summed E-state index contributed by atoms with van der Waals surface area (Å²) in [6.45, 7) is 1.84. The van der Waals surface area contributed by atoms with Crippen LogP contribution in [0.15, 0.2) is 60.7 Å². The lowest BCUT2D eigenvalue weighted by Crippen LogP contribution is -2.79. The van der Waals surface area contributed by atoms with E-state index < -0.39 is 23.7 Å². The molecule has 0 spiro atoms. The first-order chi connectivity index (χ1) is 17.9. The van der Waals surface area contributed by atoms with Gasteiger partial charge in [-0.1, -0.05) is 17.7 Å². The number of nitrogens with two attached hydrogens (primary N) is 2. The van der Waals surface area contributed by atoms with Crippen LogP contribution >= 0.6 is 0 Å². The van der Waals surface area contributed by atoms with Gasteiger partial charge in [0.05, 0.1) is 5.39 Å². The number of amides is 2. The SMILES string of the molecule is Cc1ccc([NH2+]/C(=C\C(=N)C(F)(F)F)NC(=O)Nc2ccc(-c3nn(C)c4ncnc(N)c34)c(F)c2)cc1. The number of allylic oxidation sites excluding steroid dienone is 1. The van der Waals surface area contributed by atoms with Crippen molar-refractivity contribution >= 4 is 40.0 Å². The zero-order valence-corrected chi connectivity index (χ0v) is 20.1. The number of benzene rings is 2. The summed E-state index contributed by atoms with van der Waals surface area (Å²) in [4.78, 5) is 20.6. The molecule has 14 heteroatoms. The normalized spacial score (nSPS) is 12.0. The lowest BCUT2D eigenvalue weighted by Gasteiger charge is -2.11. The summed E-state index contributed by atoms with van der Waals surface area (Å²) in [5, 5.41) is 17.8. The van der Waals surface area contributed by atoms with Crippen molar-refractivity contribution in [1.82, 2.24) is 25.1 Å². The standard InChI is InChI=1S/C24H21F4N9O/c1-12-3-5-13(6-4-12)33-18(10-17(29)24(26,27)28)35-23(38)34-14-7-8-15(16(25)9-14)20-19-21(30)31-11-32-22(19)37(2)36-20/h3-11,29,33H,1-2H3,(H2,30,31,32)(H2,34,35,38)/p+1/b18-10+,29-17?.